The molecule has 1 aromatic rings. The van der Waals surface area contributed by atoms with E-state index in [4.69, 9.17) is 16.3 Å². The van der Waals surface area contributed by atoms with Crippen LogP contribution in [0, 0.1) is 0 Å². The van der Waals surface area contributed by atoms with E-state index in [-0.39, 0.29) is 0 Å². The molecule has 0 aliphatic carbocycles. The van der Waals surface area contributed by atoms with Crippen LogP contribution in [0.5, 0.6) is 5.75 Å². The van der Waals surface area contributed by atoms with Crippen molar-refractivity contribution in [2.75, 3.05) is 20.2 Å². The Morgan fingerprint density at radius 3 is 2.64 bits per heavy atom. The maximum Gasteiger partial charge on any atom is 0.119 e. The molecule has 3 heteroatoms. The number of benzene rings is 1. The lowest BCUT2D eigenvalue weighted by Gasteiger charge is -2.07. The van der Waals surface area contributed by atoms with Gasteiger partial charge in [-0.1, -0.05) is 18.2 Å². The average Bonchev–Trinajstić information content (AvgIpc) is 2.17. The summed E-state index contributed by atoms with van der Waals surface area (Å²) >= 11 is 5.74. The third-order valence-corrected chi connectivity index (χ3v) is 1.94. The number of halogens is 1. The summed E-state index contributed by atoms with van der Waals surface area (Å²) in [5.41, 5.74) is 1.02. The fourth-order valence-corrected chi connectivity index (χ4v) is 1.14. The Kier molecular flexibility index (Phi) is 4.50. The summed E-state index contributed by atoms with van der Waals surface area (Å²) in [6.45, 7) is 5.17. The Labute approximate surface area is 89.5 Å². The molecule has 1 rings (SSSR count). The fourth-order valence-electron chi connectivity index (χ4n) is 1.02. The molecule has 0 saturated carbocycles. The van der Waals surface area contributed by atoms with Gasteiger partial charge < -0.3 is 10.1 Å². The van der Waals surface area contributed by atoms with Crippen LogP contribution < -0.4 is 10.1 Å². The third kappa shape index (κ3) is 3.81. The molecule has 0 heterocycles. The molecule has 0 spiro atoms. The molecular formula is C11H14ClNO. The van der Waals surface area contributed by atoms with Gasteiger partial charge in [-0.05, 0) is 36.9 Å². The lowest BCUT2D eigenvalue weighted by molar-refractivity contribution is 0.349. The summed E-state index contributed by atoms with van der Waals surface area (Å²) in [5.74, 6) is 0.812. The number of hydrogen-bond donors (Lipinski definition) is 1. The van der Waals surface area contributed by atoms with Crippen molar-refractivity contribution in [1.29, 1.82) is 0 Å². The highest BCUT2D eigenvalue weighted by molar-refractivity contribution is 6.30. The maximum atomic E-state index is 5.74. The molecule has 0 aromatic heterocycles. The van der Waals surface area contributed by atoms with E-state index >= 15 is 0 Å². The Balaban J connectivity index is 2.38. The van der Waals surface area contributed by atoms with Crippen LogP contribution in [0.15, 0.2) is 36.4 Å². The van der Waals surface area contributed by atoms with Gasteiger partial charge in [0.15, 0.2) is 0 Å². The largest absolute Gasteiger partial charge is 0.489 e. The lowest BCUT2D eigenvalue weighted by Crippen LogP contribution is -2.14. The monoisotopic (exact) mass is 211 g/mol. The summed E-state index contributed by atoms with van der Waals surface area (Å²) < 4.78 is 5.48. The van der Waals surface area contributed by atoms with Crippen LogP contribution in [-0.4, -0.2) is 20.2 Å². The minimum absolute atomic E-state index is 0.530. The Hall–Kier alpha value is -0.990. The minimum atomic E-state index is 0.530. The SMILES string of the molecule is C=C(CNC)COc1ccc(Cl)cc1. The highest BCUT2D eigenvalue weighted by Gasteiger charge is 1.95. The normalized spacial score (nSPS) is 9.86. The van der Waals surface area contributed by atoms with Gasteiger partial charge >= 0.3 is 0 Å². The Morgan fingerprint density at radius 2 is 2.07 bits per heavy atom. The quantitative estimate of drug-likeness (QED) is 0.756. The zero-order valence-electron chi connectivity index (χ0n) is 8.22. The van der Waals surface area contributed by atoms with E-state index in [1.54, 1.807) is 12.1 Å². The second-order valence-corrected chi connectivity index (χ2v) is 3.46. The van der Waals surface area contributed by atoms with Crippen LogP contribution in [0.1, 0.15) is 0 Å². The number of likely N-dealkylation sites (N-methyl/N-ethyl adjacent to an activating group) is 1. The van der Waals surface area contributed by atoms with Gasteiger partial charge in [-0.15, -0.1) is 0 Å². The second-order valence-electron chi connectivity index (χ2n) is 3.02. The molecule has 0 saturated heterocycles. The predicted octanol–water partition coefficient (Wildman–Crippen LogP) is 2.49. The molecule has 14 heavy (non-hydrogen) atoms. The van der Waals surface area contributed by atoms with Crippen LogP contribution in [0.3, 0.4) is 0 Å². The van der Waals surface area contributed by atoms with Crippen molar-refractivity contribution in [3.63, 3.8) is 0 Å². The molecule has 1 aromatic carbocycles. The van der Waals surface area contributed by atoms with Crippen molar-refractivity contribution in [1.82, 2.24) is 5.32 Å². The standard InChI is InChI=1S/C11H14ClNO/c1-9(7-13-2)8-14-11-5-3-10(12)4-6-11/h3-6,13H,1,7-8H2,2H3. The molecule has 0 aliphatic heterocycles. The number of hydrogen-bond acceptors (Lipinski definition) is 2. The van der Waals surface area contributed by atoms with E-state index in [9.17, 15) is 0 Å². The Bertz CT molecular complexity index is 295. The topological polar surface area (TPSA) is 21.3 Å². The highest BCUT2D eigenvalue weighted by atomic mass is 35.5. The molecule has 0 amide bonds. The zero-order chi connectivity index (χ0) is 10.4. The van der Waals surface area contributed by atoms with E-state index in [2.05, 4.69) is 11.9 Å². The van der Waals surface area contributed by atoms with Crippen LogP contribution in [0.4, 0.5) is 0 Å². The molecule has 76 valence electrons. The van der Waals surface area contributed by atoms with E-state index in [0.717, 1.165) is 17.9 Å². The molecule has 0 fully saturated rings. The summed E-state index contributed by atoms with van der Waals surface area (Å²) in [7, 11) is 1.88. The van der Waals surface area contributed by atoms with Crippen molar-refractivity contribution in [2.45, 2.75) is 0 Å². The first-order valence-electron chi connectivity index (χ1n) is 4.42. The molecule has 0 unspecified atom stereocenters. The fraction of sp³-hybridized carbons (Fsp3) is 0.273. The Morgan fingerprint density at radius 1 is 1.43 bits per heavy atom. The zero-order valence-corrected chi connectivity index (χ0v) is 8.97. The summed E-state index contributed by atoms with van der Waals surface area (Å²) in [4.78, 5) is 0. The average molecular weight is 212 g/mol. The van der Waals surface area contributed by atoms with Gasteiger partial charge in [-0.25, -0.2) is 0 Å². The molecule has 2 nitrogen and oxygen atoms in total. The van der Waals surface area contributed by atoms with Crippen molar-refractivity contribution in [3.05, 3.63) is 41.4 Å². The molecule has 0 bridgehead atoms. The van der Waals surface area contributed by atoms with Crippen LogP contribution in [0.25, 0.3) is 0 Å². The van der Waals surface area contributed by atoms with E-state index in [1.165, 1.54) is 0 Å². The first-order valence-corrected chi connectivity index (χ1v) is 4.80. The number of rotatable bonds is 5. The van der Waals surface area contributed by atoms with Crippen molar-refractivity contribution in [3.8, 4) is 5.75 Å². The smallest absolute Gasteiger partial charge is 0.119 e. The van der Waals surface area contributed by atoms with Gasteiger partial charge in [-0.2, -0.15) is 0 Å². The molecular weight excluding hydrogens is 198 g/mol. The van der Waals surface area contributed by atoms with Gasteiger partial charge in [0.2, 0.25) is 0 Å². The highest BCUT2D eigenvalue weighted by Crippen LogP contribution is 2.15. The first kappa shape index (κ1) is 11.1. The van der Waals surface area contributed by atoms with Gasteiger partial charge in [0.05, 0.1) is 0 Å². The second kappa shape index (κ2) is 5.68. The molecule has 0 atom stereocenters. The van der Waals surface area contributed by atoms with Crippen molar-refractivity contribution >= 4 is 11.6 Å². The minimum Gasteiger partial charge on any atom is -0.489 e. The van der Waals surface area contributed by atoms with Crippen LogP contribution >= 0.6 is 11.6 Å². The van der Waals surface area contributed by atoms with Gasteiger partial charge in [-0.3, -0.25) is 0 Å². The molecule has 1 N–H and O–H groups in total. The molecule has 0 radical (unpaired) electrons. The van der Waals surface area contributed by atoms with Crippen LogP contribution in [0.2, 0.25) is 5.02 Å². The maximum absolute atomic E-state index is 5.74. The summed E-state index contributed by atoms with van der Waals surface area (Å²) in [6.07, 6.45) is 0. The summed E-state index contributed by atoms with van der Waals surface area (Å²) in [5, 5.41) is 3.73. The van der Waals surface area contributed by atoms with Gasteiger partial charge in [0, 0.05) is 11.6 Å². The molecule has 0 aliphatic rings. The number of ether oxygens (including phenoxy) is 1. The van der Waals surface area contributed by atoms with E-state index in [1.807, 2.05) is 19.2 Å². The first-order chi connectivity index (χ1) is 6.72. The number of nitrogens with one attached hydrogen (secondary N) is 1. The van der Waals surface area contributed by atoms with Crippen molar-refractivity contribution in [2.24, 2.45) is 0 Å². The predicted molar refractivity (Wildman–Crippen MR) is 60.0 cm³/mol. The van der Waals surface area contributed by atoms with Crippen LogP contribution in [-0.2, 0) is 0 Å². The van der Waals surface area contributed by atoms with Gasteiger partial charge in [0.1, 0.15) is 12.4 Å². The van der Waals surface area contributed by atoms with Gasteiger partial charge in [0.25, 0.3) is 0 Å². The third-order valence-electron chi connectivity index (χ3n) is 1.68. The van der Waals surface area contributed by atoms with E-state index in [0.29, 0.717) is 11.6 Å². The summed E-state index contributed by atoms with van der Waals surface area (Å²) in [6, 6.07) is 7.29. The van der Waals surface area contributed by atoms with Crippen molar-refractivity contribution < 1.29 is 4.74 Å². The van der Waals surface area contributed by atoms with E-state index < -0.39 is 0 Å². The lowest BCUT2D eigenvalue weighted by atomic mass is 10.3.